The highest BCUT2D eigenvalue weighted by atomic mass is 16.6. The van der Waals surface area contributed by atoms with Crippen LogP contribution in [0.25, 0.3) is 0 Å². The number of aliphatic hydroxyl groups excluding tert-OH is 1. The van der Waals surface area contributed by atoms with Crippen LogP contribution in [-0.4, -0.2) is 30.2 Å². The standard InChI is InChI=1S/C13H16O4/c14-11-6-7-12(16-8-11)9-17-13(15)10-4-2-1-3-5-10/h1-5,12-13,15H,6-9H2. The molecule has 2 atom stereocenters. The van der Waals surface area contributed by atoms with Crippen molar-refractivity contribution >= 4 is 5.78 Å². The number of ketones is 1. The first kappa shape index (κ1) is 12.2. The quantitative estimate of drug-likeness (QED) is 0.804. The van der Waals surface area contributed by atoms with E-state index in [4.69, 9.17) is 9.47 Å². The van der Waals surface area contributed by atoms with Gasteiger partial charge in [-0.15, -0.1) is 0 Å². The number of Topliss-reactive ketones (excluding diaryl/α,β-unsaturated/α-hetero) is 1. The molecule has 0 radical (unpaired) electrons. The number of carbonyl (C=O) groups excluding carboxylic acids is 1. The Balaban J connectivity index is 1.77. The topological polar surface area (TPSA) is 55.8 Å². The first-order valence-electron chi connectivity index (χ1n) is 5.73. The van der Waals surface area contributed by atoms with Crippen LogP contribution in [-0.2, 0) is 14.3 Å². The lowest BCUT2D eigenvalue weighted by Crippen LogP contribution is -2.30. The number of benzene rings is 1. The second-order valence-corrected chi connectivity index (χ2v) is 4.11. The molecule has 92 valence electrons. The van der Waals surface area contributed by atoms with Crippen LogP contribution in [0.15, 0.2) is 30.3 Å². The summed E-state index contributed by atoms with van der Waals surface area (Å²) in [5.74, 6) is 0.129. The fourth-order valence-electron chi connectivity index (χ4n) is 1.73. The van der Waals surface area contributed by atoms with Gasteiger partial charge in [-0.1, -0.05) is 30.3 Å². The zero-order valence-corrected chi connectivity index (χ0v) is 9.54. The third-order valence-electron chi connectivity index (χ3n) is 2.75. The Morgan fingerprint density at radius 3 is 2.82 bits per heavy atom. The van der Waals surface area contributed by atoms with Crippen LogP contribution in [0.4, 0.5) is 0 Å². The third-order valence-corrected chi connectivity index (χ3v) is 2.75. The third kappa shape index (κ3) is 3.63. The van der Waals surface area contributed by atoms with Crippen molar-refractivity contribution in [3.8, 4) is 0 Å². The maximum Gasteiger partial charge on any atom is 0.181 e. The molecule has 4 heteroatoms. The summed E-state index contributed by atoms with van der Waals surface area (Å²) in [5, 5.41) is 9.76. The van der Waals surface area contributed by atoms with E-state index in [1.165, 1.54) is 0 Å². The van der Waals surface area contributed by atoms with Gasteiger partial charge in [-0.05, 0) is 6.42 Å². The predicted octanol–water partition coefficient (Wildman–Crippen LogP) is 1.44. The van der Waals surface area contributed by atoms with Crippen LogP contribution in [0.3, 0.4) is 0 Å². The molecule has 1 saturated heterocycles. The number of hydrogen-bond donors (Lipinski definition) is 1. The minimum absolute atomic E-state index is 0.0916. The smallest absolute Gasteiger partial charge is 0.181 e. The van der Waals surface area contributed by atoms with Gasteiger partial charge in [0.15, 0.2) is 12.1 Å². The molecule has 0 bridgehead atoms. The summed E-state index contributed by atoms with van der Waals surface area (Å²) in [5.41, 5.74) is 0.722. The van der Waals surface area contributed by atoms with E-state index in [-0.39, 0.29) is 18.5 Å². The van der Waals surface area contributed by atoms with Gasteiger partial charge in [-0.3, -0.25) is 4.79 Å². The summed E-state index contributed by atoms with van der Waals surface area (Å²) in [6.07, 6.45) is 0.180. The van der Waals surface area contributed by atoms with Crippen LogP contribution in [0, 0.1) is 0 Å². The van der Waals surface area contributed by atoms with Crippen molar-refractivity contribution in [3.05, 3.63) is 35.9 Å². The average molecular weight is 236 g/mol. The van der Waals surface area contributed by atoms with Crippen LogP contribution in [0.5, 0.6) is 0 Å². The molecule has 2 rings (SSSR count). The number of hydrogen-bond acceptors (Lipinski definition) is 4. The lowest BCUT2D eigenvalue weighted by molar-refractivity contribution is -0.151. The first-order valence-corrected chi connectivity index (χ1v) is 5.73. The fraction of sp³-hybridized carbons (Fsp3) is 0.462. The summed E-state index contributed by atoms with van der Waals surface area (Å²) < 4.78 is 10.6. The van der Waals surface area contributed by atoms with Gasteiger partial charge in [-0.25, -0.2) is 0 Å². The van der Waals surface area contributed by atoms with Gasteiger partial charge in [0.1, 0.15) is 6.61 Å². The molecule has 0 spiro atoms. The summed E-state index contributed by atoms with van der Waals surface area (Å²) in [4.78, 5) is 11.0. The van der Waals surface area contributed by atoms with E-state index in [2.05, 4.69) is 0 Å². The van der Waals surface area contributed by atoms with Crippen molar-refractivity contribution in [2.75, 3.05) is 13.2 Å². The van der Waals surface area contributed by atoms with E-state index in [0.717, 1.165) is 5.56 Å². The van der Waals surface area contributed by atoms with E-state index in [1.54, 1.807) is 12.1 Å². The molecule has 1 heterocycles. The van der Waals surface area contributed by atoms with Gasteiger partial charge in [0.05, 0.1) is 12.7 Å². The Kier molecular flexibility index (Phi) is 4.25. The molecule has 17 heavy (non-hydrogen) atoms. The van der Waals surface area contributed by atoms with Crippen molar-refractivity contribution in [1.29, 1.82) is 0 Å². The van der Waals surface area contributed by atoms with Crippen LogP contribution in [0.2, 0.25) is 0 Å². The van der Waals surface area contributed by atoms with E-state index in [9.17, 15) is 9.90 Å². The van der Waals surface area contributed by atoms with Crippen molar-refractivity contribution in [2.24, 2.45) is 0 Å². The van der Waals surface area contributed by atoms with E-state index >= 15 is 0 Å². The van der Waals surface area contributed by atoms with E-state index in [1.807, 2.05) is 18.2 Å². The summed E-state index contributed by atoms with van der Waals surface area (Å²) in [6.45, 7) is 0.471. The van der Waals surface area contributed by atoms with Crippen molar-refractivity contribution in [3.63, 3.8) is 0 Å². The fourth-order valence-corrected chi connectivity index (χ4v) is 1.73. The Labute approximate surface area is 100 Å². The summed E-state index contributed by atoms with van der Waals surface area (Å²) in [6, 6.07) is 9.17. The molecule has 1 N–H and O–H groups in total. The molecule has 1 aromatic rings. The zero-order valence-electron chi connectivity index (χ0n) is 9.54. The molecule has 0 aromatic heterocycles. The normalized spacial score (nSPS) is 22.4. The Bertz CT molecular complexity index is 353. The Morgan fingerprint density at radius 1 is 1.41 bits per heavy atom. The summed E-state index contributed by atoms with van der Waals surface area (Å²) in [7, 11) is 0. The molecule has 0 saturated carbocycles. The lowest BCUT2D eigenvalue weighted by Gasteiger charge is -2.23. The van der Waals surface area contributed by atoms with Crippen LogP contribution in [0.1, 0.15) is 24.7 Å². The minimum atomic E-state index is -0.933. The number of carbonyl (C=O) groups is 1. The van der Waals surface area contributed by atoms with Crippen molar-refractivity contribution in [1.82, 2.24) is 0 Å². The molecule has 0 aliphatic carbocycles. The Hall–Kier alpha value is -1.23. The van der Waals surface area contributed by atoms with Crippen molar-refractivity contribution in [2.45, 2.75) is 25.2 Å². The van der Waals surface area contributed by atoms with Crippen molar-refractivity contribution < 1.29 is 19.4 Å². The largest absolute Gasteiger partial charge is 0.368 e. The average Bonchev–Trinajstić information content (AvgIpc) is 2.39. The molecular weight excluding hydrogens is 220 g/mol. The van der Waals surface area contributed by atoms with Gasteiger partial charge >= 0.3 is 0 Å². The van der Waals surface area contributed by atoms with E-state index in [0.29, 0.717) is 19.4 Å². The van der Waals surface area contributed by atoms with Gasteiger partial charge in [0.2, 0.25) is 0 Å². The second kappa shape index (κ2) is 5.91. The Morgan fingerprint density at radius 2 is 2.18 bits per heavy atom. The molecular formula is C13H16O4. The van der Waals surface area contributed by atoms with Gasteiger partial charge in [0, 0.05) is 12.0 Å². The molecule has 2 unspecified atom stereocenters. The van der Waals surface area contributed by atoms with Gasteiger partial charge in [0.25, 0.3) is 0 Å². The predicted molar refractivity (Wildman–Crippen MR) is 61.3 cm³/mol. The highest BCUT2D eigenvalue weighted by molar-refractivity contribution is 5.80. The maximum absolute atomic E-state index is 11.0. The lowest BCUT2D eigenvalue weighted by atomic mass is 10.1. The van der Waals surface area contributed by atoms with Crippen LogP contribution < -0.4 is 0 Å². The van der Waals surface area contributed by atoms with Gasteiger partial charge < -0.3 is 14.6 Å². The second-order valence-electron chi connectivity index (χ2n) is 4.11. The molecule has 1 aliphatic heterocycles. The molecule has 0 amide bonds. The number of rotatable bonds is 4. The first-order chi connectivity index (χ1) is 8.25. The number of aliphatic hydroxyl groups is 1. The highest BCUT2D eigenvalue weighted by Gasteiger charge is 2.20. The molecule has 4 nitrogen and oxygen atoms in total. The monoisotopic (exact) mass is 236 g/mol. The molecule has 1 fully saturated rings. The van der Waals surface area contributed by atoms with Gasteiger partial charge in [-0.2, -0.15) is 0 Å². The maximum atomic E-state index is 11.0. The zero-order chi connectivity index (χ0) is 12.1. The van der Waals surface area contributed by atoms with E-state index < -0.39 is 6.29 Å². The summed E-state index contributed by atoms with van der Waals surface area (Å²) >= 11 is 0. The van der Waals surface area contributed by atoms with Crippen LogP contribution >= 0.6 is 0 Å². The molecule has 1 aromatic carbocycles. The minimum Gasteiger partial charge on any atom is -0.368 e. The number of ether oxygens (including phenoxy) is 2. The SMILES string of the molecule is O=C1CCC(COC(O)c2ccccc2)OC1. The molecule has 1 aliphatic rings. The highest BCUT2D eigenvalue weighted by Crippen LogP contribution is 2.17.